The third-order valence-electron chi connectivity index (χ3n) is 4.21. The molecule has 0 N–H and O–H groups in total. The summed E-state index contributed by atoms with van der Waals surface area (Å²) in [5.41, 5.74) is 2.75. The van der Waals surface area contributed by atoms with Gasteiger partial charge in [0.15, 0.2) is 0 Å². The van der Waals surface area contributed by atoms with E-state index in [0.717, 1.165) is 6.54 Å². The summed E-state index contributed by atoms with van der Waals surface area (Å²) in [6.45, 7) is 7.92. The summed E-state index contributed by atoms with van der Waals surface area (Å²) in [4.78, 5) is 2.61. The zero-order valence-electron chi connectivity index (χ0n) is 13.4. The second kappa shape index (κ2) is 7.47. The van der Waals surface area contributed by atoms with Crippen LogP contribution in [0.2, 0.25) is 0 Å². The van der Waals surface area contributed by atoms with Crippen molar-refractivity contribution in [3.05, 3.63) is 35.4 Å². The van der Waals surface area contributed by atoms with Gasteiger partial charge in [-0.05, 0) is 31.7 Å². The van der Waals surface area contributed by atoms with Crippen molar-refractivity contribution in [1.29, 1.82) is 0 Å². The van der Waals surface area contributed by atoms with Crippen LogP contribution in [0.3, 0.4) is 0 Å². The molecule has 1 aliphatic rings. The van der Waals surface area contributed by atoms with Crippen molar-refractivity contribution in [2.24, 2.45) is 0 Å². The first-order valence-corrected chi connectivity index (χ1v) is 8.08. The Labute approximate surface area is 124 Å². The Morgan fingerprint density at radius 2 is 1.90 bits per heavy atom. The molecule has 1 fully saturated rings. The Balaban J connectivity index is 2.08. The van der Waals surface area contributed by atoms with E-state index >= 15 is 0 Å². The summed E-state index contributed by atoms with van der Waals surface area (Å²) >= 11 is 0. The number of unbranched alkanes of at least 4 members (excludes halogenated alkanes) is 1. The lowest BCUT2D eigenvalue weighted by Crippen LogP contribution is -2.41. The highest BCUT2D eigenvalue weighted by Gasteiger charge is 2.24. The van der Waals surface area contributed by atoms with Gasteiger partial charge in [0.2, 0.25) is 5.84 Å². The zero-order valence-corrected chi connectivity index (χ0v) is 13.4. The van der Waals surface area contributed by atoms with Crippen LogP contribution in [0.25, 0.3) is 0 Å². The largest absolute Gasteiger partial charge is 0.266 e. The van der Waals surface area contributed by atoms with Crippen molar-refractivity contribution < 1.29 is 4.58 Å². The van der Waals surface area contributed by atoms with E-state index in [1.54, 1.807) is 5.84 Å². The second-order valence-electron chi connectivity index (χ2n) is 6.06. The van der Waals surface area contributed by atoms with Crippen molar-refractivity contribution >= 4 is 5.84 Å². The molecule has 0 atom stereocenters. The van der Waals surface area contributed by atoms with Gasteiger partial charge in [-0.2, -0.15) is 0 Å². The summed E-state index contributed by atoms with van der Waals surface area (Å²) in [5.74, 6) is 1.55. The second-order valence-corrected chi connectivity index (χ2v) is 6.06. The van der Waals surface area contributed by atoms with Crippen LogP contribution in [0.15, 0.2) is 24.3 Å². The number of piperidine rings is 1. The van der Waals surface area contributed by atoms with Crippen molar-refractivity contribution in [3.63, 3.8) is 0 Å². The highest BCUT2D eigenvalue weighted by Crippen LogP contribution is 2.14. The van der Waals surface area contributed by atoms with Crippen molar-refractivity contribution in [1.82, 2.24) is 4.90 Å². The molecule has 2 heteroatoms. The molecular formula is C18H29N2+. The number of amidine groups is 1. The molecule has 0 bridgehead atoms. The van der Waals surface area contributed by atoms with Crippen LogP contribution >= 0.6 is 0 Å². The number of nitrogens with zero attached hydrogens (tertiary/aromatic N) is 2. The summed E-state index contributed by atoms with van der Waals surface area (Å²) < 4.78 is 2.46. The fraction of sp³-hybridized carbons (Fsp3) is 0.611. The lowest BCUT2D eigenvalue weighted by molar-refractivity contribution is -0.520. The van der Waals surface area contributed by atoms with Crippen LogP contribution in [-0.4, -0.2) is 35.4 Å². The predicted octanol–water partition coefficient (Wildman–Crippen LogP) is 3.82. The van der Waals surface area contributed by atoms with Gasteiger partial charge in [-0.25, -0.2) is 0 Å². The Morgan fingerprint density at radius 3 is 2.60 bits per heavy atom. The van der Waals surface area contributed by atoms with Gasteiger partial charge in [0.1, 0.15) is 6.54 Å². The first-order valence-electron chi connectivity index (χ1n) is 8.08. The Kier molecular flexibility index (Phi) is 5.63. The number of rotatable bonds is 5. The van der Waals surface area contributed by atoms with Gasteiger partial charge in [-0.1, -0.05) is 43.2 Å². The van der Waals surface area contributed by atoms with Gasteiger partial charge in [0, 0.05) is 6.42 Å². The van der Waals surface area contributed by atoms with E-state index in [2.05, 4.69) is 54.6 Å². The molecule has 0 saturated carbocycles. The highest BCUT2D eigenvalue weighted by atomic mass is 15.2. The van der Waals surface area contributed by atoms with Gasteiger partial charge in [0.05, 0.1) is 20.1 Å². The number of benzene rings is 1. The average molecular weight is 273 g/mol. The van der Waals surface area contributed by atoms with Crippen LogP contribution < -0.4 is 0 Å². The van der Waals surface area contributed by atoms with E-state index in [-0.39, 0.29) is 0 Å². The maximum atomic E-state index is 2.61. The van der Waals surface area contributed by atoms with Crippen molar-refractivity contribution in [3.8, 4) is 0 Å². The van der Waals surface area contributed by atoms with Crippen LogP contribution in [0.1, 0.15) is 50.2 Å². The third kappa shape index (κ3) is 4.09. The summed E-state index contributed by atoms with van der Waals surface area (Å²) in [7, 11) is 2.25. The van der Waals surface area contributed by atoms with Gasteiger partial charge >= 0.3 is 0 Å². The molecule has 1 aromatic carbocycles. The van der Waals surface area contributed by atoms with E-state index in [0.29, 0.717) is 0 Å². The molecule has 0 unspecified atom stereocenters. The smallest absolute Gasteiger partial charge is 0.246 e. The van der Waals surface area contributed by atoms with Gasteiger partial charge in [-0.3, -0.25) is 9.48 Å². The lowest BCUT2D eigenvalue weighted by atomic mass is 10.1. The zero-order chi connectivity index (χ0) is 14.4. The monoisotopic (exact) mass is 273 g/mol. The Bertz CT molecular complexity index is 445. The van der Waals surface area contributed by atoms with Crippen LogP contribution in [0, 0.1) is 6.92 Å². The number of hydrogen-bond acceptors (Lipinski definition) is 0. The van der Waals surface area contributed by atoms with E-state index in [4.69, 9.17) is 0 Å². The molecule has 2 nitrogen and oxygen atoms in total. The van der Waals surface area contributed by atoms with E-state index in [1.807, 2.05) is 0 Å². The SMILES string of the molecule is CCCCN1CCCCC1=[N+](C)Cc1ccc(C)cc1. The van der Waals surface area contributed by atoms with Crippen LogP contribution in [0.5, 0.6) is 0 Å². The topological polar surface area (TPSA) is 6.25 Å². The number of hydrogen-bond donors (Lipinski definition) is 0. The molecular weight excluding hydrogens is 244 g/mol. The minimum Gasteiger partial charge on any atom is -0.266 e. The Morgan fingerprint density at radius 1 is 1.15 bits per heavy atom. The molecule has 110 valence electrons. The number of aryl methyl sites for hydroxylation is 1. The molecule has 0 amide bonds. The minimum absolute atomic E-state index is 1.03. The molecule has 1 aliphatic heterocycles. The molecule has 20 heavy (non-hydrogen) atoms. The molecule has 2 rings (SSSR count). The fourth-order valence-corrected chi connectivity index (χ4v) is 2.95. The van der Waals surface area contributed by atoms with Gasteiger partial charge < -0.3 is 0 Å². The molecule has 1 saturated heterocycles. The first-order chi connectivity index (χ1) is 9.70. The average Bonchev–Trinajstić information content (AvgIpc) is 2.47. The van der Waals surface area contributed by atoms with E-state index in [9.17, 15) is 0 Å². The first kappa shape index (κ1) is 15.1. The Hall–Kier alpha value is -1.31. The van der Waals surface area contributed by atoms with E-state index < -0.39 is 0 Å². The molecule has 1 heterocycles. The molecule has 0 spiro atoms. The molecule has 0 aliphatic carbocycles. The van der Waals surface area contributed by atoms with Crippen LogP contribution in [0.4, 0.5) is 0 Å². The standard InChI is InChI=1S/C18H29N2/c1-4-5-13-20-14-7-6-8-18(20)19(3)15-17-11-9-16(2)10-12-17/h9-12H,4-8,13-15H2,1-3H3/q+1. The number of likely N-dealkylation sites (tertiary alicyclic amines) is 1. The van der Waals surface area contributed by atoms with Crippen molar-refractivity contribution in [2.75, 3.05) is 20.1 Å². The van der Waals surface area contributed by atoms with Gasteiger partial charge in [0.25, 0.3) is 0 Å². The van der Waals surface area contributed by atoms with E-state index in [1.165, 1.54) is 56.3 Å². The predicted molar refractivity (Wildman–Crippen MR) is 86.4 cm³/mol. The van der Waals surface area contributed by atoms with Crippen LogP contribution in [-0.2, 0) is 6.54 Å². The molecule has 0 radical (unpaired) electrons. The summed E-state index contributed by atoms with van der Waals surface area (Å²) in [6, 6.07) is 8.93. The van der Waals surface area contributed by atoms with Crippen molar-refractivity contribution in [2.45, 2.75) is 52.5 Å². The molecule has 1 aromatic rings. The third-order valence-corrected chi connectivity index (χ3v) is 4.21. The fourth-order valence-electron chi connectivity index (χ4n) is 2.95. The lowest BCUT2D eigenvalue weighted by Gasteiger charge is -2.25. The summed E-state index contributed by atoms with van der Waals surface area (Å²) in [5, 5.41) is 0. The minimum atomic E-state index is 1.03. The quantitative estimate of drug-likeness (QED) is 0.739. The maximum absolute atomic E-state index is 2.61. The summed E-state index contributed by atoms with van der Waals surface area (Å²) in [6.07, 6.45) is 6.53. The maximum Gasteiger partial charge on any atom is 0.246 e. The molecule has 0 aromatic heterocycles. The highest BCUT2D eigenvalue weighted by molar-refractivity contribution is 5.78. The van der Waals surface area contributed by atoms with Gasteiger partial charge in [-0.15, -0.1) is 0 Å². The normalized spacial score (nSPS) is 18.2.